The van der Waals surface area contributed by atoms with Gasteiger partial charge in [0.25, 0.3) is 0 Å². The molecule has 1 saturated heterocycles. The van der Waals surface area contributed by atoms with Crippen molar-refractivity contribution in [2.24, 2.45) is 11.8 Å². The molecule has 2 fully saturated rings. The number of nitrogens with zero attached hydrogens (tertiary/aromatic N) is 1. The van der Waals surface area contributed by atoms with E-state index in [9.17, 15) is 23.4 Å². The van der Waals surface area contributed by atoms with Crippen molar-refractivity contribution in [2.45, 2.75) is 43.3 Å². The predicted molar refractivity (Wildman–Crippen MR) is 92.7 cm³/mol. The van der Waals surface area contributed by atoms with Crippen molar-refractivity contribution >= 4 is 15.7 Å². The number of benzene rings is 1. The summed E-state index contributed by atoms with van der Waals surface area (Å²) in [6.07, 6.45) is -0.494. The largest absolute Gasteiger partial charge is 0.390 e. The predicted octanol–water partition coefficient (Wildman–Crippen LogP) is 0.749. The van der Waals surface area contributed by atoms with Crippen LogP contribution in [-0.2, 0) is 14.6 Å². The van der Waals surface area contributed by atoms with Gasteiger partial charge in [0.2, 0.25) is 5.91 Å². The zero-order valence-corrected chi connectivity index (χ0v) is 15.2. The van der Waals surface area contributed by atoms with Crippen molar-refractivity contribution in [2.75, 3.05) is 18.8 Å². The molecule has 0 unspecified atom stereocenters. The smallest absolute Gasteiger partial charge is 0.223 e. The Balaban J connectivity index is 1.57. The fourth-order valence-corrected chi connectivity index (χ4v) is 5.08. The van der Waals surface area contributed by atoms with E-state index in [1.54, 1.807) is 29.2 Å². The highest BCUT2D eigenvalue weighted by Gasteiger charge is 2.42. The molecular formula is C18H25NO5S. The number of hydrogen-bond donors (Lipinski definition) is 2. The van der Waals surface area contributed by atoms with Crippen LogP contribution in [-0.4, -0.2) is 60.5 Å². The van der Waals surface area contributed by atoms with Crippen molar-refractivity contribution in [1.82, 2.24) is 4.90 Å². The lowest BCUT2D eigenvalue weighted by Gasteiger charge is -2.31. The van der Waals surface area contributed by atoms with Gasteiger partial charge in [-0.05, 0) is 43.7 Å². The summed E-state index contributed by atoms with van der Waals surface area (Å²) in [5.41, 5.74) is 0.985. The van der Waals surface area contributed by atoms with Gasteiger partial charge in [0.15, 0.2) is 9.84 Å². The van der Waals surface area contributed by atoms with Crippen molar-refractivity contribution in [3.8, 4) is 0 Å². The first-order valence-corrected chi connectivity index (χ1v) is 10.3. The number of fused-ring (bicyclic) bond motifs is 1. The van der Waals surface area contributed by atoms with Gasteiger partial charge in [-0.2, -0.15) is 0 Å². The molecule has 1 aliphatic heterocycles. The molecule has 1 saturated carbocycles. The minimum Gasteiger partial charge on any atom is -0.390 e. The maximum Gasteiger partial charge on any atom is 0.223 e. The second kappa shape index (κ2) is 7.05. The van der Waals surface area contributed by atoms with E-state index in [-0.39, 0.29) is 34.8 Å². The maximum absolute atomic E-state index is 12.4. The molecule has 1 amide bonds. The molecule has 6 nitrogen and oxygen atoms in total. The molecule has 25 heavy (non-hydrogen) atoms. The Hall–Kier alpha value is -1.44. The molecule has 2 aliphatic rings. The summed E-state index contributed by atoms with van der Waals surface area (Å²) in [5.74, 6) is 0.00702. The summed E-state index contributed by atoms with van der Waals surface area (Å²) >= 11 is 0. The van der Waals surface area contributed by atoms with Crippen LogP contribution in [0.25, 0.3) is 0 Å². The van der Waals surface area contributed by atoms with Crippen LogP contribution < -0.4 is 0 Å². The number of carbonyl (C=O) groups is 1. The van der Waals surface area contributed by atoms with Gasteiger partial charge in [0.1, 0.15) is 0 Å². The Labute approximate surface area is 148 Å². The molecule has 1 aromatic rings. The fourth-order valence-electron chi connectivity index (χ4n) is 3.85. The van der Waals surface area contributed by atoms with E-state index in [1.807, 2.05) is 6.92 Å². The molecule has 1 aliphatic carbocycles. The van der Waals surface area contributed by atoms with Crippen LogP contribution in [0.5, 0.6) is 0 Å². The number of likely N-dealkylation sites (tertiary alicyclic amines) is 1. The molecule has 0 bridgehead atoms. The topological polar surface area (TPSA) is 94.9 Å². The third kappa shape index (κ3) is 4.04. The van der Waals surface area contributed by atoms with Crippen LogP contribution >= 0.6 is 0 Å². The quantitative estimate of drug-likeness (QED) is 0.819. The number of aliphatic hydroxyl groups excluding tert-OH is 2. The van der Waals surface area contributed by atoms with E-state index >= 15 is 0 Å². The van der Waals surface area contributed by atoms with Crippen LogP contribution in [0.4, 0.5) is 0 Å². The Bertz CT molecular complexity index is 712. The third-order valence-electron chi connectivity index (χ3n) is 5.43. The zero-order valence-electron chi connectivity index (χ0n) is 14.3. The average molecular weight is 367 g/mol. The lowest BCUT2D eigenvalue weighted by Crippen LogP contribution is -2.38. The first-order chi connectivity index (χ1) is 11.8. The second-order valence-electron chi connectivity index (χ2n) is 7.31. The Morgan fingerprint density at radius 3 is 2.12 bits per heavy atom. The van der Waals surface area contributed by atoms with Crippen LogP contribution in [0.1, 0.15) is 24.8 Å². The van der Waals surface area contributed by atoms with Gasteiger partial charge in [-0.1, -0.05) is 17.7 Å². The van der Waals surface area contributed by atoms with Crippen LogP contribution in [0, 0.1) is 18.8 Å². The summed E-state index contributed by atoms with van der Waals surface area (Å²) in [6.45, 7) is 2.97. The Kier molecular flexibility index (Phi) is 5.18. The molecule has 0 aromatic heterocycles. The number of amides is 1. The van der Waals surface area contributed by atoms with Crippen LogP contribution in [0.3, 0.4) is 0 Å². The highest BCUT2D eigenvalue weighted by Crippen LogP contribution is 2.36. The highest BCUT2D eigenvalue weighted by molar-refractivity contribution is 7.91. The molecular weight excluding hydrogens is 342 g/mol. The third-order valence-corrected chi connectivity index (χ3v) is 7.16. The van der Waals surface area contributed by atoms with Gasteiger partial charge >= 0.3 is 0 Å². The van der Waals surface area contributed by atoms with Crippen molar-refractivity contribution in [3.05, 3.63) is 29.8 Å². The van der Waals surface area contributed by atoms with Gasteiger partial charge in [0, 0.05) is 19.5 Å². The van der Waals surface area contributed by atoms with E-state index in [0.717, 1.165) is 5.56 Å². The molecule has 4 atom stereocenters. The van der Waals surface area contributed by atoms with Crippen LogP contribution in [0.15, 0.2) is 29.2 Å². The first kappa shape index (κ1) is 18.4. The number of rotatable bonds is 4. The minimum atomic E-state index is -3.47. The van der Waals surface area contributed by atoms with Crippen molar-refractivity contribution in [3.63, 3.8) is 0 Å². The van der Waals surface area contributed by atoms with E-state index in [1.165, 1.54) is 0 Å². The van der Waals surface area contributed by atoms with Gasteiger partial charge < -0.3 is 15.1 Å². The van der Waals surface area contributed by atoms with Crippen molar-refractivity contribution < 1.29 is 23.4 Å². The summed E-state index contributed by atoms with van der Waals surface area (Å²) < 4.78 is 24.7. The lowest BCUT2D eigenvalue weighted by molar-refractivity contribution is -0.130. The van der Waals surface area contributed by atoms with E-state index < -0.39 is 22.0 Å². The van der Waals surface area contributed by atoms with E-state index in [0.29, 0.717) is 25.9 Å². The number of aliphatic hydroxyl groups is 2. The number of aryl methyl sites for hydroxylation is 1. The molecule has 3 rings (SSSR count). The molecule has 1 heterocycles. The normalized spacial score (nSPS) is 29.5. The molecule has 0 radical (unpaired) electrons. The van der Waals surface area contributed by atoms with Crippen molar-refractivity contribution in [1.29, 1.82) is 0 Å². The summed E-state index contributed by atoms with van der Waals surface area (Å²) in [5, 5.41) is 19.5. The molecule has 1 aromatic carbocycles. The zero-order chi connectivity index (χ0) is 18.2. The number of carbonyl (C=O) groups excluding carboxylic acids is 1. The van der Waals surface area contributed by atoms with Gasteiger partial charge in [0.05, 0.1) is 22.9 Å². The molecule has 138 valence electrons. The molecule has 0 spiro atoms. The highest BCUT2D eigenvalue weighted by atomic mass is 32.2. The Morgan fingerprint density at radius 1 is 1.08 bits per heavy atom. The number of hydrogen-bond acceptors (Lipinski definition) is 5. The average Bonchev–Trinajstić information content (AvgIpc) is 2.96. The van der Waals surface area contributed by atoms with Gasteiger partial charge in [-0.25, -0.2) is 8.42 Å². The monoisotopic (exact) mass is 367 g/mol. The SMILES string of the molecule is Cc1ccc(S(=O)(=O)CCC(=O)N2C[C@H]3C[C@H](O)[C@H](O)C[C@H]3C2)cc1. The second-order valence-corrected chi connectivity index (χ2v) is 9.42. The van der Waals surface area contributed by atoms with Crippen LogP contribution in [0.2, 0.25) is 0 Å². The number of sulfone groups is 1. The summed E-state index contributed by atoms with van der Waals surface area (Å²) in [7, 11) is -3.47. The lowest BCUT2D eigenvalue weighted by atomic mass is 9.79. The first-order valence-electron chi connectivity index (χ1n) is 8.69. The summed E-state index contributed by atoms with van der Waals surface area (Å²) in [4.78, 5) is 14.3. The molecule has 7 heteroatoms. The van der Waals surface area contributed by atoms with Gasteiger partial charge in [-0.15, -0.1) is 0 Å². The van der Waals surface area contributed by atoms with E-state index in [2.05, 4.69) is 0 Å². The molecule has 2 N–H and O–H groups in total. The standard InChI is InChI=1S/C18H25NO5S/c1-12-2-4-15(5-3-12)25(23,24)7-6-18(22)19-10-13-8-16(20)17(21)9-14(13)11-19/h2-5,13-14,16-17,20-21H,6-11H2,1H3/t13-,14+,16+,17-. The maximum atomic E-state index is 12.4. The van der Waals surface area contributed by atoms with Gasteiger partial charge in [-0.3, -0.25) is 4.79 Å². The van der Waals surface area contributed by atoms with E-state index in [4.69, 9.17) is 0 Å². The fraction of sp³-hybridized carbons (Fsp3) is 0.611. The minimum absolute atomic E-state index is 0.0409. The Morgan fingerprint density at radius 2 is 1.60 bits per heavy atom. The summed E-state index contributed by atoms with van der Waals surface area (Å²) in [6, 6.07) is 6.64.